The Morgan fingerprint density at radius 1 is 1.31 bits per heavy atom. The number of ether oxygens (including phenoxy) is 2. The first-order valence-corrected chi connectivity index (χ1v) is 8.39. The quantitative estimate of drug-likeness (QED) is 0.320. The number of rotatable bonds is 7. The number of phenols is 2. The van der Waals surface area contributed by atoms with Crippen molar-refractivity contribution < 1.29 is 24.5 Å². The number of carbonyl (C=O) groups excluding carboxylic acids is 1. The lowest BCUT2D eigenvalue weighted by molar-refractivity contribution is -0.141. The van der Waals surface area contributed by atoms with Gasteiger partial charge >= 0.3 is 5.97 Å². The summed E-state index contributed by atoms with van der Waals surface area (Å²) in [6.45, 7) is 12.9. The maximum Gasteiger partial charge on any atom is 0.333 e. The predicted octanol–water partition coefficient (Wildman–Crippen LogP) is 4.66. The maximum absolute atomic E-state index is 12.2. The number of benzene rings is 1. The first-order valence-electron chi connectivity index (χ1n) is 8.39. The van der Waals surface area contributed by atoms with E-state index in [-0.39, 0.29) is 22.8 Å². The molecule has 0 fully saturated rings. The fourth-order valence-corrected chi connectivity index (χ4v) is 2.34. The van der Waals surface area contributed by atoms with Crippen LogP contribution >= 0.6 is 0 Å². The zero-order valence-corrected chi connectivity index (χ0v) is 16.3. The molecule has 1 aromatic rings. The van der Waals surface area contributed by atoms with Crippen LogP contribution < -0.4 is 4.74 Å². The highest BCUT2D eigenvalue weighted by Gasteiger charge is 2.24. The van der Waals surface area contributed by atoms with E-state index in [9.17, 15) is 15.0 Å². The molecule has 0 aromatic heterocycles. The summed E-state index contributed by atoms with van der Waals surface area (Å²) < 4.78 is 10.8. The first-order chi connectivity index (χ1) is 12.1. The molecule has 0 saturated carbocycles. The summed E-state index contributed by atoms with van der Waals surface area (Å²) in [5, 5.41) is 20.6. The van der Waals surface area contributed by atoms with Crippen LogP contribution in [0.5, 0.6) is 17.2 Å². The molecule has 1 aromatic carbocycles. The highest BCUT2D eigenvalue weighted by molar-refractivity contribution is 5.89. The molecule has 1 atom stereocenters. The summed E-state index contributed by atoms with van der Waals surface area (Å²) in [5.74, 6) is -0.469. The normalized spacial score (nSPS) is 12.3. The van der Waals surface area contributed by atoms with Crippen LogP contribution in [0, 0.1) is 6.92 Å². The molecule has 0 bridgehead atoms. The second kappa shape index (κ2) is 9.13. The van der Waals surface area contributed by atoms with Gasteiger partial charge in [-0.05, 0) is 46.3 Å². The molecular weight excluding hydrogens is 332 g/mol. The monoisotopic (exact) mass is 360 g/mol. The van der Waals surface area contributed by atoms with Crippen molar-refractivity contribution in [3.63, 3.8) is 0 Å². The zero-order valence-electron chi connectivity index (χ0n) is 16.3. The maximum atomic E-state index is 12.2. The largest absolute Gasteiger partial charge is 0.508 e. The van der Waals surface area contributed by atoms with Crippen LogP contribution in [-0.2, 0) is 9.53 Å². The molecule has 0 aliphatic heterocycles. The number of methoxy groups -OCH3 is 1. The van der Waals surface area contributed by atoms with E-state index < -0.39 is 12.1 Å². The van der Waals surface area contributed by atoms with E-state index in [0.29, 0.717) is 23.1 Å². The molecule has 0 heterocycles. The second-order valence-corrected chi connectivity index (χ2v) is 6.36. The Balaban J connectivity index is 3.34. The van der Waals surface area contributed by atoms with Gasteiger partial charge in [0.05, 0.1) is 7.11 Å². The van der Waals surface area contributed by atoms with Crippen LogP contribution in [-0.4, -0.2) is 29.4 Å². The van der Waals surface area contributed by atoms with Crippen molar-refractivity contribution in [3.8, 4) is 17.2 Å². The number of aromatic hydroxyl groups is 2. The average molecular weight is 360 g/mol. The minimum Gasteiger partial charge on any atom is -0.508 e. The Kier molecular flexibility index (Phi) is 7.50. The molecule has 2 N–H and O–H groups in total. The molecule has 26 heavy (non-hydrogen) atoms. The molecule has 0 aliphatic carbocycles. The predicted molar refractivity (Wildman–Crippen MR) is 103 cm³/mol. The van der Waals surface area contributed by atoms with E-state index in [4.69, 9.17) is 9.47 Å². The Labute approximate surface area is 155 Å². The van der Waals surface area contributed by atoms with Crippen LogP contribution in [0.4, 0.5) is 0 Å². The number of carbonyl (C=O) groups is 1. The van der Waals surface area contributed by atoms with Crippen LogP contribution in [0.15, 0.2) is 35.9 Å². The van der Waals surface area contributed by atoms with Gasteiger partial charge in [0.1, 0.15) is 11.9 Å². The average Bonchev–Trinajstić information content (AvgIpc) is 2.60. The van der Waals surface area contributed by atoms with Crippen molar-refractivity contribution in [2.75, 3.05) is 7.11 Å². The topological polar surface area (TPSA) is 76.0 Å². The highest BCUT2D eigenvalue weighted by atomic mass is 16.5. The van der Waals surface area contributed by atoms with Crippen molar-refractivity contribution in [2.24, 2.45) is 0 Å². The van der Waals surface area contributed by atoms with Crippen molar-refractivity contribution in [2.45, 2.75) is 47.1 Å². The van der Waals surface area contributed by atoms with Gasteiger partial charge < -0.3 is 19.7 Å². The lowest BCUT2D eigenvalue weighted by atomic mass is 9.96. The summed E-state index contributed by atoms with van der Waals surface area (Å²) in [4.78, 5) is 12.2. The molecular formula is C21H28O5. The van der Waals surface area contributed by atoms with E-state index in [2.05, 4.69) is 6.58 Å². The number of hydrogen-bond donors (Lipinski definition) is 2. The summed E-state index contributed by atoms with van der Waals surface area (Å²) in [7, 11) is 1.41. The van der Waals surface area contributed by atoms with Gasteiger partial charge in [-0.1, -0.05) is 24.3 Å². The molecule has 0 amide bonds. The summed E-state index contributed by atoms with van der Waals surface area (Å²) in [5.41, 5.74) is 2.63. The molecule has 0 saturated heterocycles. The third-order valence-electron chi connectivity index (χ3n) is 4.16. The summed E-state index contributed by atoms with van der Waals surface area (Å²) in [6.07, 6.45) is 3.31. The van der Waals surface area contributed by atoms with Crippen molar-refractivity contribution >= 4 is 11.5 Å². The Bertz CT molecular complexity index is 752. The van der Waals surface area contributed by atoms with Crippen molar-refractivity contribution in [1.29, 1.82) is 0 Å². The molecule has 5 heteroatoms. The minimum atomic E-state index is -0.690. The molecule has 142 valence electrons. The van der Waals surface area contributed by atoms with Gasteiger partial charge in [-0.15, -0.1) is 0 Å². The number of esters is 1. The van der Waals surface area contributed by atoms with E-state index in [1.165, 1.54) is 13.2 Å². The second-order valence-electron chi connectivity index (χ2n) is 6.36. The fourth-order valence-electron chi connectivity index (χ4n) is 2.34. The van der Waals surface area contributed by atoms with Gasteiger partial charge in [0.25, 0.3) is 0 Å². The smallest absolute Gasteiger partial charge is 0.333 e. The lowest BCUT2D eigenvalue weighted by Crippen LogP contribution is -2.20. The van der Waals surface area contributed by atoms with Crippen LogP contribution in [0.1, 0.15) is 45.2 Å². The molecule has 0 spiro atoms. The van der Waals surface area contributed by atoms with Gasteiger partial charge in [-0.2, -0.15) is 0 Å². The third-order valence-corrected chi connectivity index (χ3v) is 4.16. The highest BCUT2D eigenvalue weighted by Crippen LogP contribution is 2.42. The zero-order chi connectivity index (χ0) is 20.0. The third kappa shape index (κ3) is 4.91. The van der Waals surface area contributed by atoms with Gasteiger partial charge in [0.2, 0.25) is 0 Å². The first kappa shape index (κ1) is 21.4. The van der Waals surface area contributed by atoms with Gasteiger partial charge in [0, 0.05) is 23.1 Å². The van der Waals surface area contributed by atoms with E-state index in [0.717, 1.165) is 5.57 Å². The summed E-state index contributed by atoms with van der Waals surface area (Å²) >= 11 is 0. The molecule has 0 radical (unpaired) electrons. The fraction of sp³-hybridized carbons (Fsp3) is 0.381. The van der Waals surface area contributed by atoms with Crippen LogP contribution in [0.3, 0.4) is 0 Å². The van der Waals surface area contributed by atoms with E-state index in [1.54, 1.807) is 26.8 Å². The van der Waals surface area contributed by atoms with E-state index in [1.807, 2.05) is 19.9 Å². The molecule has 1 unspecified atom stereocenters. The van der Waals surface area contributed by atoms with Crippen LogP contribution in [0.2, 0.25) is 0 Å². The Morgan fingerprint density at radius 3 is 2.42 bits per heavy atom. The van der Waals surface area contributed by atoms with Crippen molar-refractivity contribution in [1.82, 2.24) is 0 Å². The molecule has 0 aliphatic rings. The van der Waals surface area contributed by atoms with E-state index >= 15 is 0 Å². The van der Waals surface area contributed by atoms with Gasteiger partial charge in [-0.3, -0.25) is 0 Å². The number of hydrogen-bond acceptors (Lipinski definition) is 5. The van der Waals surface area contributed by atoms with Gasteiger partial charge in [-0.25, -0.2) is 4.79 Å². The lowest BCUT2D eigenvalue weighted by Gasteiger charge is -2.22. The van der Waals surface area contributed by atoms with Gasteiger partial charge in [0.15, 0.2) is 11.5 Å². The Hall–Kier alpha value is -2.69. The van der Waals surface area contributed by atoms with Crippen molar-refractivity contribution in [3.05, 3.63) is 47.1 Å². The molecule has 1 rings (SSSR count). The van der Waals surface area contributed by atoms with Crippen LogP contribution in [0.25, 0.3) is 5.57 Å². The minimum absolute atomic E-state index is 0.0345. The molecule has 5 nitrogen and oxygen atoms in total. The number of allylic oxidation sites excluding steroid dienone is 2. The SMILES string of the molecule is C=C(c1cc(O)c(C)c(OC)c1O)C(CC=C(C)C)OC(=O)C(C)=CC. The Morgan fingerprint density at radius 2 is 1.92 bits per heavy atom. The summed E-state index contributed by atoms with van der Waals surface area (Å²) in [6, 6.07) is 1.40. The standard InChI is InChI=1S/C21H28O5/c1-8-13(4)21(24)26-18(10-9-12(2)3)14(5)16-11-17(22)15(6)20(25-7)19(16)23/h8-9,11,18,22-23H,5,10H2,1-4,6-7H3. The number of phenolic OH excluding ortho intramolecular Hbond substituents is 2.